The molecular formula is C15H16N2O3S. The third kappa shape index (κ3) is 2.47. The Morgan fingerprint density at radius 3 is 2.76 bits per heavy atom. The SMILES string of the molecule is Cn1cc(/C=C/C(=O)N2CCCS2(=O)=O)c2ccccc21. The molecule has 0 N–H and O–H groups in total. The maximum atomic E-state index is 12.0. The second-order valence-corrected chi connectivity index (χ2v) is 7.14. The number of para-hydroxylation sites is 1. The second kappa shape index (κ2) is 5.04. The number of aromatic nitrogens is 1. The normalized spacial score (nSPS) is 17.9. The van der Waals surface area contributed by atoms with Crippen LogP contribution in [0.2, 0.25) is 0 Å². The molecule has 2 heterocycles. The van der Waals surface area contributed by atoms with Crippen LogP contribution in [-0.2, 0) is 21.9 Å². The Kier molecular flexibility index (Phi) is 3.33. The molecule has 0 spiro atoms. The number of rotatable bonds is 2. The highest BCUT2D eigenvalue weighted by Gasteiger charge is 2.31. The Hall–Kier alpha value is -2.08. The largest absolute Gasteiger partial charge is 0.350 e. The van der Waals surface area contributed by atoms with Gasteiger partial charge in [0.25, 0.3) is 5.91 Å². The van der Waals surface area contributed by atoms with Gasteiger partial charge in [-0.1, -0.05) is 18.2 Å². The zero-order valence-corrected chi connectivity index (χ0v) is 12.5. The van der Waals surface area contributed by atoms with Crippen LogP contribution in [0.5, 0.6) is 0 Å². The monoisotopic (exact) mass is 304 g/mol. The van der Waals surface area contributed by atoms with Gasteiger partial charge in [-0.15, -0.1) is 0 Å². The van der Waals surface area contributed by atoms with Gasteiger partial charge in [0.2, 0.25) is 10.0 Å². The molecule has 21 heavy (non-hydrogen) atoms. The molecule has 0 unspecified atom stereocenters. The molecule has 0 radical (unpaired) electrons. The van der Waals surface area contributed by atoms with Crippen molar-refractivity contribution in [3.05, 3.63) is 42.1 Å². The van der Waals surface area contributed by atoms with Crippen LogP contribution in [0.1, 0.15) is 12.0 Å². The summed E-state index contributed by atoms with van der Waals surface area (Å²) in [6.07, 6.45) is 5.45. The Labute approximate surface area is 123 Å². The van der Waals surface area contributed by atoms with Crippen LogP contribution in [-0.4, -0.2) is 35.5 Å². The molecule has 1 aromatic heterocycles. The molecule has 3 rings (SSSR count). The number of benzene rings is 1. The lowest BCUT2D eigenvalue weighted by Crippen LogP contribution is -2.30. The molecule has 5 nitrogen and oxygen atoms in total. The highest BCUT2D eigenvalue weighted by Crippen LogP contribution is 2.22. The standard InChI is InChI=1S/C15H16N2O3S/c1-16-11-12(13-5-2-3-6-14(13)16)7-8-15(18)17-9-4-10-21(17,19)20/h2-3,5-8,11H,4,9-10H2,1H3/b8-7+. The maximum absolute atomic E-state index is 12.0. The van der Waals surface area contributed by atoms with Crippen LogP contribution in [0.15, 0.2) is 36.5 Å². The average molecular weight is 304 g/mol. The summed E-state index contributed by atoms with van der Waals surface area (Å²) in [6.45, 7) is 0.279. The van der Waals surface area contributed by atoms with Gasteiger partial charge in [-0.25, -0.2) is 12.7 Å². The van der Waals surface area contributed by atoms with Gasteiger partial charge in [0.1, 0.15) is 0 Å². The first-order valence-corrected chi connectivity index (χ1v) is 8.36. The first-order chi connectivity index (χ1) is 9.99. The van der Waals surface area contributed by atoms with Crippen LogP contribution < -0.4 is 0 Å². The first-order valence-electron chi connectivity index (χ1n) is 6.75. The summed E-state index contributed by atoms with van der Waals surface area (Å²) >= 11 is 0. The van der Waals surface area contributed by atoms with Gasteiger partial charge in [-0.3, -0.25) is 4.79 Å². The number of carbonyl (C=O) groups excluding carboxylic acids is 1. The first kappa shape index (κ1) is 13.9. The lowest BCUT2D eigenvalue weighted by Gasteiger charge is -2.11. The number of sulfonamides is 1. The molecule has 0 bridgehead atoms. The minimum atomic E-state index is -3.40. The summed E-state index contributed by atoms with van der Waals surface area (Å²) < 4.78 is 26.3. The van der Waals surface area contributed by atoms with Crippen molar-refractivity contribution in [3.63, 3.8) is 0 Å². The number of fused-ring (bicyclic) bond motifs is 1. The van der Waals surface area contributed by atoms with Crippen molar-refractivity contribution < 1.29 is 13.2 Å². The lowest BCUT2D eigenvalue weighted by atomic mass is 10.1. The summed E-state index contributed by atoms with van der Waals surface area (Å²) in [7, 11) is -1.46. The smallest absolute Gasteiger partial charge is 0.260 e. The van der Waals surface area contributed by atoms with E-state index in [1.54, 1.807) is 6.08 Å². The van der Waals surface area contributed by atoms with Crippen LogP contribution in [0, 0.1) is 0 Å². The van der Waals surface area contributed by atoms with Crippen molar-refractivity contribution in [2.45, 2.75) is 6.42 Å². The van der Waals surface area contributed by atoms with E-state index in [4.69, 9.17) is 0 Å². The van der Waals surface area contributed by atoms with Crippen molar-refractivity contribution in [2.24, 2.45) is 7.05 Å². The van der Waals surface area contributed by atoms with Crippen molar-refractivity contribution in [2.75, 3.05) is 12.3 Å². The van der Waals surface area contributed by atoms with E-state index < -0.39 is 15.9 Å². The van der Waals surface area contributed by atoms with E-state index in [9.17, 15) is 13.2 Å². The van der Waals surface area contributed by atoms with Crippen molar-refractivity contribution in [3.8, 4) is 0 Å². The molecule has 110 valence electrons. The predicted molar refractivity (Wildman–Crippen MR) is 82.1 cm³/mol. The highest BCUT2D eigenvalue weighted by molar-refractivity contribution is 7.89. The molecule has 0 atom stereocenters. The van der Waals surface area contributed by atoms with Crippen LogP contribution in [0.3, 0.4) is 0 Å². The molecule has 6 heteroatoms. The van der Waals surface area contributed by atoms with Crippen molar-refractivity contribution in [1.82, 2.24) is 8.87 Å². The van der Waals surface area contributed by atoms with Crippen molar-refractivity contribution >= 4 is 32.9 Å². The van der Waals surface area contributed by atoms with Gasteiger partial charge in [0, 0.05) is 42.3 Å². The maximum Gasteiger partial charge on any atom is 0.260 e. The molecule has 1 fully saturated rings. The Morgan fingerprint density at radius 1 is 1.29 bits per heavy atom. The molecule has 1 amide bonds. The third-order valence-electron chi connectivity index (χ3n) is 3.68. The van der Waals surface area contributed by atoms with Gasteiger partial charge in [0.05, 0.1) is 5.75 Å². The zero-order chi connectivity index (χ0) is 15.0. The Bertz CT molecular complexity index is 834. The molecule has 1 aliphatic rings. The Balaban J connectivity index is 1.90. The summed E-state index contributed by atoms with van der Waals surface area (Å²) in [6, 6.07) is 7.87. The fraction of sp³-hybridized carbons (Fsp3) is 0.267. The van der Waals surface area contributed by atoms with Crippen LogP contribution >= 0.6 is 0 Å². The third-order valence-corrected chi connectivity index (χ3v) is 5.52. The van der Waals surface area contributed by atoms with Gasteiger partial charge in [-0.2, -0.15) is 0 Å². The van der Waals surface area contributed by atoms with E-state index in [2.05, 4.69) is 0 Å². The van der Waals surface area contributed by atoms with E-state index in [1.165, 1.54) is 6.08 Å². The summed E-state index contributed by atoms with van der Waals surface area (Å²) in [5.41, 5.74) is 1.97. The lowest BCUT2D eigenvalue weighted by molar-refractivity contribution is -0.121. The summed E-state index contributed by atoms with van der Waals surface area (Å²) in [5, 5.41) is 1.04. The number of hydrogen-bond acceptors (Lipinski definition) is 3. The topological polar surface area (TPSA) is 59.4 Å². The van der Waals surface area contributed by atoms with E-state index in [-0.39, 0.29) is 12.3 Å². The van der Waals surface area contributed by atoms with Crippen LogP contribution in [0.4, 0.5) is 0 Å². The van der Waals surface area contributed by atoms with E-state index >= 15 is 0 Å². The van der Waals surface area contributed by atoms with Crippen LogP contribution in [0.25, 0.3) is 17.0 Å². The van der Waals surface area contributed by atoms with Gasteiger partial charge in [-0.05, 0) is 18.6 Å². The summed E-state index contributed by atoms with van der Waals surface area (Å²) in [4.78, 5) is 12.0. The molecular weight excluding hydrogens is 288 g/mol. The van der Waals surface area contributed by atoms with Gasteiger partial charge >= 0.3 is 0 Å². The molecule has 0 aliphatic carbocycles. The number of amides is 1. The molecule has 2 aromatic rings. The number of carbonyl (C=O) groups is 1. The number of hydrogen-bond donors (Lipinski definition) is 0. The van der Waals surface area contributed by atoms with E-state index in [1.807, 2.05) is 42.1 Å². The molecule has 1 aromatic carbocycles. The molecule has 1 aliphatic heterocycles. The second-order valence-electron chi connectivity index (χ2n) is 5.13. The minimum absolute atomic E-state index is 0.0564. The fourth-order valence-corrected chi connectivity index (χ4v) is 4.09. The molecule has 1 saturated heterocycles. The Morgan fingerprint density at radius 2 is 2.05 bits per heavy atom. The summed E-state index contributed by atoms with van der Waals surface area (Å²) in [5.74, 6) is -0.415. The fourth-order valence-electron chi connectivity index (χ4n) is 2.64. The number of aryl methyl sites for hydroxylation is 1. The van der Waals surface area contributed by atoms with E-state index in [0.717, 1.165) is 20.8 Å². The minimum Gasteiger partial charge on any atom is -0.350 e. The van der Waals surface area contributed by atoms with Crippen molar-refractivity contribution in [1.29, 1.82) is 0 Å². The highest BCUT2D eigenvalue weighted by atomic mass is 32.2. The quantitative estimate of drug-likeness (QED) is 0.794. The average Bonchev–Trinajstić information content (AvgIpc) is 2.97. The zero-order valence-electron chi connectivity index (χ0n) is 11.7. The molecule has 0 saturated carbocycles. The van der Waals surface area contributed by atoms with Gasteiger partial charge < -0.3 is 4.57 Å². The van der Waals surface area contributed by atoms with E-state index in [0.29, 0.717) is 6.42 Å². The predicted octanol–water partition coefficient (Wildman–Crippen LogP) is 1.75. The van der Waals surface area contributed by atoms with Gasteiger partial charge in [0.15, 0.2) is 0 Å². The number of nitrogens with zero attached hydrogens (tertiary/aromatic N) is 2.